The Kier molecular flexibility index (Phi) is 7.94. The summed E-state index contributed by atoms with van der Waals surface area (Å²) in [6, 6.07) is 4.95. The van der Waals surface area contributed by atoms with E-state index in [1.807, 2.05) is 13.0 Å². The van der Waals surface area contributed by atoms with Gasteiger partial charge in [-0.05, 0) is 37.0 Å². The van der Waals surface area contributed by atoms with Gasteiger partial charge >= 0.3 is 6.03 Å². The van der Waals surface area contributed by atoms with E-state index >= 15 is 0 Å². The molecule has 0 fully saturated rings. The van der Waals surface area contributed by atoms with Crippen molar-refractivity contribution in [3.05, 3.63) is 23.8 Å². The molecule has 0 aromatic heterocycles. The van der Waals surface area contributed by atoms with Gasteiger partial charge in [-0.25, -0.2) is 9.59 Å². The second kappa shape index (κ2) is 9.74. The lowest BCUT2D eigenvalue weighted by Crippen LogP contribution is -2.33. The molecule has 1 unspecified atom stereocenters. The van der Waals surface area contributed by atoms with E-state index in [9.17, 15) is 9.59 Å². The normalized spacial score (nSPS) is 11.4. The van der Waals surface area contributed by atoms with E-state index in [1.54, 1.807) is 12.1 Å². The Hall–Kier alpha value is -2.13. The lowest BCUT2D eigenvalue weighted by atomic mass is 9.99. The quantitative estimate of drug-likeness (QED) is 0.555. The Balaban J connectivity index is 2.57. The van der Waals surface area contributed by atoms with Crippen molar-refractivity contribution >= 4 is 23.5 Å². The van der Waals surface area contributed by atoms with Gasteiger partial charge in [-0.3, -0.25) is 0 Å². The van der Waals surface area contributed by atoms with Gasteiger partial charge in [0.1, 0.15) is 0 Å². The Morgan fingerprint density at radius 2 is 2.14 bits per heavy atom. The van der Waals surface area contributed by atoms with Crippen LogP contribution in [0.25, 0.3) is 0 Å². The number of hydrogen-bond donors (Lipinski definition) is 2. The number of anilines is 1. The minimum absolute atomic E-state index is 0.231. The molecule has 1 aromatic carbocycles. The number of benzene rings is 1. The summed E-state index contributed by atoms with van der Waals surface area (Å²) in [4.78, 5) is 25.9. The number of amides is 2. The van der Waals surface area contributed by atoms with Gasteiger partial charge in [0.25, 0.3) is 0 Å². The van der Waals surface area contributed by atoms with E-state index < -0.39 is 0 Å². The van der Waals surface area contributed by atoms with Gasteiger partial charge in [0.05, 0.1) is 5.69 Å². The van der Waals surface area contributed by atoms with Gasteiger partial charge in [0.2, 0.25) is 6.08 Å². The van der Waals surface area contributed by atoms with E-state index in [0.717, 1.165) is 18.4 Å². The third kappa shape index (κ3) is 6.10. The first-order chi connectivity index (χ1) is 10.6. The monoisotopic (exact) mass is 303 g/mol. The van der Waals surface area contributed by atoms with Crippen LogP contribution in [-0.2, 0) is 4.79 Å². The van der Waals surface area contributed by atoms with Crippen molar-refractivity contribution in [1.82, 2.24) is 5.32 Å². The Labute approximate surface area is 132 Å². The minimum Gasteiger partial charge on any atom is -0.338 e. The topological polar surface area (TPSA) is 70.6 Å². The van der Waals surface area contributed by atoms with Crippen LogP contribution in [0, 0.1) is 12.8 Å². The molecular weight excluding hydrogens is 278 g/mol. The van der Waals surface area contributed by atoms with Crippen LogP contribution in [0.3, 0.4) is 0 Å². The maximum atomic E-state index is 12.0. The lowest BCUT2D eigenvalue weighted by Gasteiger charge is -2.16. The largest absolute Gasteiger partial charge is 0.338 e. The highest BCUT2D eigenvalue weighted by atomic mass is 16.2. The number of unbranched alkanes of at least 4 members (excludes halogenated alkanes) is 1. The summed E-state index contributed by atoms with van der Waals surface area (Å²) in [6.45, 7) is 6.88. The van der Waals surface area contributed by atoms with Crippen LogP contribution < -0.4 is 10.6 Å². The summed E-state index contributed by atoms with van der Waals surface area (Å²) in [5.41, 5.74) is 2.04. The lowest BCUT2D eigenvalue weighted by molar-refractivity contribution is 0.249. The fourth-order valence-electron chi connectivity index (χ4n) is 2.21. The van der Waals surface area contributed by atoms with Crippen LogP contribution in [0.4, 0.5) is 16.2 Å². The van der Waals surface area contributed by atoms with E-state index in [4.69, 9.17) is 0 Å². The van der Waals surface area contributed by atoms with Crippen molar-refractivity contribution in [3.8, 4) is 0 Å². The zero-order chi connectivity index (χ0) is 16.4. The maximum Gasteiger partial charge on any atom is 0.319 e. The molecule has 0 spiro atoms. The highest BCUT2D eigenvalue weighted by Crippen LogP contribution is 2.22. The van der Waals surface area contributed by atoms with Crippen LogP contribution in [0.5, 0.6) is 0 Å². The summed E-state index contributed by atoms with van der Waals surface area (Å²) in [7, 11) is 0. The summed E-state index contributed by atoms with van der Waals surface area (Å²) in [5, 5.41) is 5.72. The molecule has 120 valence electrons. The number of isocyanates is 1. The van der Waals surface area contributed by atoms with Gasteiger partial charge in [-0.2, -0.15) is 4.99 Å². The first-order valence-corrected chi connectivity index (χ1v) is 7.84. The van der Waals surface area contributed by atoms with Crippen LogP contribution in [0.2, 0.25) is 0 Å². The van der Waals surface area contributed by atoms with Crippen molar-refractivity contribution in [2.24, 2.45) is 10.9 Å². The second-order valence-electron chi connectivity index (χ2n) is 5.45. The number of aliphatic imine (C=N–C) groups is 1. The second-order valence-corrected chi connectivity index (χ2v) is 5.45. The summed E-state index contributed by atoms with van der Waals surface area (Å²) >= 11 is 0. The molecule has 2 N–H and O–H groups in total. The van der Waals surface area contributed by atoms with Gasteiger partial charge in [0.15, 0.2) is 0 Å². The molecule has 0 saturated heterocycles. The van der Waals surface area contributed by atoms with E-state index in [-0.39, 0.29) is 6.03 Å². The minimum atomic E-state index is -0.231. The SMILES string of the molecule is CCCCC(CC)CNC(=O)Nc1cc(N=C=O)ccc1C. The van der Waals surface area contributed by atoms with Gasteiger partial charge in [-0.15, -0.1) is 0 Å². The van der Waals surface area contributed by atoms with Crippen LogP contribution in [0.1, 0.15) is 45.1 Å². The molecule has 0 aliphatic heterocycles. The number of aryl methyl sites for hydroxylation is 1. The molecule has 5 nitrogen and oxygen atoms in total. The molecule has 2 amide bonds. The zero-order valence-electron chi connectivity index (χ0n) is 13.6. The summed E-state index contributed by atoms with van der Waals surface area (Å²) in [6.07, 6.45) is 6.05. The highest BCUT2D eigenvalue weighted by Gasteiger charge is 2.09. The number of carbonyl (C=O) groups is 1. The molecular formula is C17H25N3O2. The van der Waals surface area contributed by atoms with Crippen LogP contribution in [0.15, 0.2) is 23.2 Å². The molecule has 0 heterocycles. The van der Waals surface area contributed by atoms with Crippen LogP contribution >= 0.6 is 0 Å². The molecule has 1 atom stereocenters. The number of nitrogens with zero attached hydrogens (tertiary/aromatic N) is 1. The van der Waals surface area contributed by atoms with Crippen molar-refractivity contribution < 1.29 is 9.59 Å². The van der Waals surface area contributed by atoms with E-state index in [1.165, 1.54) is 18.9 Å². The van der Waals surface area contributed by atoms with Crippen molar-refractivity contribution in [2.45, 2.75) is 46.5 Å². The molecule has 0 aliphatic carbocycles. The smallest absolute Gasteiger partial charge is 0.319 e. The fourth-order valence-corrected chi connectivity index (χ4v) is 2.21. The van der Waals surface area contributed by atoms with Crippen molar-refractivity contribution in [1.29, 1.82) is 0 Å². The summed E-state index contributed by atoms with van der Waals surface area (Å²) in [5.74, 6) is 0.512. The standard InChI is InChI=1S/C17H25N3O2/c1-4-6-7-14(5-2)11-18-17(22)20-16-10-15(19-12-21)9-8-13(16)3/h8-10,14H,4-7,11H2,1-3H3,(H2,18,20,22). The Bertz CT molecular complexity index is 537. The Morgan fingerprint density at radius 3 is 2.77 bits per heavy atom. The first kappa shape index (κ1) is 17.9. The average molecular weight is 303 g/mol. The van der Waals surface area contributed by atoms with E-state index in [0.29, 0.717) is 23.8 Å². The number of urea groups is 1. The molecule has 0 aliphatic rings. The molecule has 0 radical (unpaired) electrons. The summed E-state index contributed by atoms with van der Waals surface area (Å²) < 4.78 is 0. The Morgan fingerprint density at radius 1 is 1.36 bits per heavy atom. The maximum absolute atomic E-state index is 12.0. The van der Waals surface area contributed by atoms with Gasteiger partial charge in [-0.1, -0.05) is 39.2 Å². The predicted molar refractivity (Wildman–Crippen MR) is 89.3 cm³/mol. The van der Waals surface area contributed by atoms with Crippen molar-refractivity contribution in [3.63, 3.8) is 0 Å². The third-order valence-corrected chi connectivity index (χ3v) is 3.74. The van der Waals surface area contributed by atoms with Crippen LogP contribution in [-0.4, -0.2) is 18.7 Å². The third-order valence-electron chi connectivity index (χ3n) is 3.74. The molecule has 22 heavy (non-hydrogen) atoms. The van der Waals surface area contributed by atoms with Gasteiger partial charge in [0, 0.05) is 12.2 Å². The van der Waals surface area contributed by atoms with Gasteiger partial charge < -0.3 is 10.6 Å². The number of rotatable bonds is 8. The first-order valence-electron chi connectivity index (χ1n) is 7.84. The predicted octanol–water partition coefficient (Wildman–Crippen LogP) is 4.30. The fraction of sp³-hybridized carbons (Fsp3) is 0.529. The van der Waals surface area contributed by atoms with Crippen molar-refractivity contribution in [2.75, 3.05) is 11.9 Å². The molecule has 0 saturated carbocycles. The number of nitrogens with one attached hydrogen (secondary N) is 2. The average Bonchev–Trinajstić information content (AvgIpc) is 2.51. The zero-order valence-corrected chi connectivity index (χ0v) is 13.6. The highest BCUT2D eigenvalue weighted by molar-refractivity contribution is 5.90. The molecule has 5 heteroatoms. The number of carbonyl (C=O) groups excluding carboxylic acids is 2. The molecule has 1 rings (SSSR count). The molecule has 1 aromatic rings. The number of hydrogen-bond acceptors (Lipinski definition) is 3. The molecule has 0 bridgehead atoms. The van der Waals surface area contributed by atoms with E-state index in [2.05, 4.69) is 29.5 Å².